The van der Waals surface area contributed by atoms with Crippen LogP contribution in [0, 0.1) is 5.82 Å². The number of nitrogens with one attached hydrogen (secondary N) is 2. The van der Waals surface area contributed by atoms with E-state index in [1.54, 1.807) is 12.1 Å². The van der Waals surface area contributed by atoms with Crippen LogP contribution in [0.4, 0.5) is 4.39 Å². The predicted octanol–water partition coefficient (Wildman–Crippen LogP) is 1.40. The van der Waals surface area contributed by atoms with Crippen molar-refractivity contribution in [2.45, 2.75) is 36.6 Å². The van der Waals surface area contributed by atoms with E-state index in [2.05, 4.69) is 10.6 Å². The number of carbonyl (C=O) groups is 2. The zero-order valence-corrected chi connectivity index (χ0v) is 15.0. The van der Waals surface area contributed by atoms with Gasteiger partial charge in [-0.05, 0) is 50.2 Å². The molecule has 2 N–H and O–H groups in total. The fourth-order valence-electron chi connectivity index (χ4n) is 2.11. The van der Waals surface area contributed by atoms with Crippen LogP contribution in [0.1, 0.15) is 19.6 Å². The summed E-state index contributed by atoms with van der Waals surface area (Å²) in [7, 11) is -4.00. The van der Waals surface area contributed by atoms with Crippen LogP contribution in [0.5, 0.6) is 0 Å². The van der Waals surface area contributed by atoms with Crippen molar-refractivity contribution in [3.05, 3.63) is 54.2 Å². The summed E-state index contributed by atoms with van der Waals surface area (Å²) >= 11 is 0. The van der Waals surface area contributed by atoms with Gasteiger partial charge >= 0.3 is 0 Å². The van der Waals surface area contributed by atoms with E-state index in [4.69, 9.17) is 4.42 Å². The van der Waals surface area contributed by atoms with E-state index in [0.29, 0.717) is 5.76 Å². The number of amides is 2. The second kappa shape index (κ2) is 8.13. The molecule has 0 aliphatic heterocycles. The Morgan fingerprint density at radius 2 is 1.77 bits per heavy atom. The van der Waals surface area contributed by atoms with Crippen LogP contribution < -0.4 is 10.6 Å². The Kier molecular flexibility index (Phi) is 6.14. The van der Waals surface area contributed by atoms with Gasteiger partial charge in [0.1, 0.15) is 22.9 Å². The van der Waals surface area contributed by atoms with Crippen LogP contribution >= 0.6 is 0 Å². The van der Waals surface area contributed by atoms with Crippen molar-refractivity contribution >= 4 is 21.7 Å². The quantitative estimate of drug-likeness (QED) is 0.704. The first kappa shape index (κ1) is 19.6. The number of rotatable bonds is 7. The molecule has 0 bridgehead atoms. The second-order valence-corrected chi connectivity index (χ2v) is 7.94. The number of halogens is 1. The van der Waals surface area contributed by atoms with Crippen molar-refractivity contribution in [1.82, 2.24) is 10.6 Å². The van der Waals surface area contributed by atoms with Gasteiger partial charge in [-0.25, -0.2) is 12.8 Å². The summed E-state index contributed by atoms with van der Waals surface area (Å²) in [5, 5.41) is 3.49. The Morgan fingerprint density at radius 1 is 1.12 bits per heavy atom. The molecule has 9 heteroatoms. The van der Waals surface area contributed by atoms with E-state index in [-0.39, 0.29) is 11.4 Å². The molecule has 26 heavy (non-hydrogen) atoms. The molecule has 2 amide bonds. The SMILES string of the molecule is CC(NC(=O)C(C)S(=O)(=O)c1ccc(F)cc1)C(=O)NCc1ccco1. The van der Waals surface area contributed by atoms with Crippen LogP contribution in [0.15, 0.2) is 52.0 Å². The summed E-state index contributed by atoms with van der Waals surface area (Å²) in [6.45, 7) is 2.80. The van der Waals surface area contributed by atoms with E-state index < -0.39 is 38.8 Å². The highest BCUT2D eigenvalue weighted by atomic mass is 32.2. The zero-order chi connectivity index (χ0) is 19.3. The average Bonchev–Trinajstić information content (AvgIpc) is 3.12. The van der Waals surface area contributed by atoms with E-state index in [0.717, 1.165) is 24.3 Å². The molecule has 0 aliphatic rings. The number of carbonyl (C=O) groups excluding carboxylic acids is 2. The lowest BCUT2D eigenvalue weighted by Crippen LogP contribution is -2.48. The molecule has 0 spiro atoms. The molecule has 0 radical (unpaired) electrons. The Morgan fingerprint density at radius 3 is 2.35 bits per heavy atom. The third-order valence-electron chi connectivity index (χ3n) is 3.75. The van der Waals surface area contributed by atoms with Crippen molar-refractivity contribution in [2.24, 2.45) is 0 Å². The molecule has 0 fully saturated rings. The molecule has 7 nitrogen and oxygen atoms in total. The topological polar surface area (TPSA) is 105 Å². The third kappa shape index (κ3) is 4.69. The van der Waals surface area contributed by atoms with Crippen molar-refractivity contribution < 1.29 is 26.8 Å². The first-order valence-corrected chi connectivity index (χ1v) is 9.36. The third-order valence-corrected chi connectivity index (χ3v) is 5.82. The highest BCUT2D eigenvalue weighted by Gasteiger charge is 2.31. The molecule has 140 valence electrons. The molecular formula is C17H19FN2O5S. The molecule has 0 saturated carbocycles. The first-order valence-electron chi connectivity index (χ1n) is 7.81. The Hall–Kier alpha value is -2.68. The van der Waals surface area contributed by atoms with Gasteiger partial charge in [0.15, 0.2) is 9.84 Å². The van der Waals surface area contributed by atoms with Crippen LogP contribution in [0.2, 0.25) is 0 Å². The van der Waals surface area contributed by atoms with Crippen molar-refractivity contribution in [2.75, 3.05) is 0 Å². The predicted molar refractivity (Wildman–Crippen MR) is 91.2 cm³/mol. The molecular weight excluding hydrogens is 363 g/mol. The number of sulfone groups is 1. The van der Waals surface area contributed by atoms with E-state index in [9.17, 15) is 22.4 Å². The normalized spacial score (nSPS) is 13.7. The van der Waals surface area contributed by atoms with Crippen molar-refractivity contribution in [3.8, 4) is 0 Å². The van der Waals surface area contributed by atoms with Gasteiger partial charge in [-0.3, -0.25) is 9.59 Å². The summed E-state index contributed by atoms with van der Waals surface area (Å²) in [4.78, 5) is 24.0. The molecule has 2 rings (SSSR count). The fraction of sp³-hybridized carbons (Fsp3) is 0.294. The average molecular weight is 382 g/mol. The fourth-order valence-corrected chi connectivity index (χ4v) is 3.38. The minimum Gasteiger partial charge on any atom is -0.467 e. The van der Waals surface area contributed by atoms with E-state index in [1.165, 1.54) is 20.1 Å². The molecule has 0 saturated heterocycles. The summed E-state index contributed by atoms with van der Waals surface area (Å²) in [5.41, 5.74) is 0. The summed E-state index contributed by atoms with van der Waals surface area (Å²) in [5.74, 6) is -1.34. The second-order valence-electron chi connectivity index (χ2n) is 5.67. The van der Waals surface area contributed by atoms with Gasteiger partial charge in [0.2, 0.25) is 11.8 Å². The lowest BCUT2D eigenvalue weighted by molar-refractivity contribution is -0.128. The van der Waals surface area contributed by atoms with Crippen molar-refractivity contribution in [1.29, 1.82) is 0 Å². The van der Waals surface area contributed by atoms with E-state index >= 15 is 0 Å². The Labute approximate surface area is 150 Å². The summed E-state index contributed by atoms with van der Waals surface area (Å²) in [6, 6.07) is 6.60. The van der Waals surface area contributed by atoms with Gasteiger partial charge in [0.05, 0.1) is 17.7 Å². The number of hydrogen-bond acceptors (Lipinski definition) is 5. The number of hydrogen-bond donors (Lipinski definition) is 2. The van der Waals surface area contributed by atoms with Crippen LogP contribution in [-0.2, 0) is 26.0 Å². The van der Waals surface area contributed by atoms with Gasteiger partial charge in [-0.15, -0.1) is 0 Å². The molecule has 1 aromatic carbocycles. The first-order chi connectivity index (χ1) is 12.2. The highest BCUT2D eigenvalue weighted by Crippen LogP contribution is 2.16. The van der Waals surface area contributed by atoms with Crippen LogP contribution in [0.25, 0.3) is 0 Å². The lowest BCUT2D eigenvalue weighted by atomic mass is 10.3. The monoisotopic (exact) mass is 382 g/mol. The van der Waals surface area contributed by atoms with E-state index in [1.807, 2.05) is 0 Å². The number of furan rings is 1. The molecule has 2 unspecified atom stereocenters. The number of benzene rings is 1. The molecule has 2 aromatic rings. The van der Waals surface area contributed by atoms with Gasteiger partial charge < -0.3 is 15.1 Å². The summed E-state index contributed by atoms with van der Waals surface area (Å²) in [6.07, 6.45) is 1.47. The lowest BCUT2D eigenvalue weighted by Gasteiger charge is -2.17. The van der Waals surface area contributed by atoms with Crippen molar-refractivity contribution in [3.63, 3.8) is 0 Å². The Balaban J connectivity index is 1.96. The molecule has 0 aliphatic carbocycles. The smallest absolute Gasteiger partial charge is 0.242 e. The van der Waals surface area contributed by atoms with Crippen LogP contribution in [-0.4, -0.2) is 31.5 Å². The van der Waals surface area contributed by atoms with Gasteiger partial charge in [-0.1, -0.05) is 0 Å². The molecule has 1 aromatic heterocycles. The Bertz CT molecular complexity index is 863. The highest BCUT2D eigenvalue weighted by molar-refractivity contribution is 7.92. The van der Waals surface area contributed by atoms with Gasteiger partial charge in [0.25, 0.3) is 0 Å². The summed E-state index contributed by atoms with van der Waals surface area (Å²) < 4.78 is 42.9. The van der Waals surface area contributed by atoms with Gasteiger partial charge in [-0.2, -0.15) is 0 Å². The minimum atomic E-state index is -4.00. The van der Waals surface area contributed by atoms with Gasteiger partial charge in [0, 0.05) is 0 Å². The maximum absolute atomic E-state index is 12.9. The largest absolute Gasteiger partial charge is 0.467 e. The minimum absolute atomic E-state index is 0.148. The maximum atomic E-state index is 12.9. The molecule has 2 atom stereocenters. The molecule has 1 heterocycles. The maximum Gasteiger partial charge on any atom is 0.242 e. The zero-order valence-electron chi connectivity index (χ0n) is 14.2. The van der Waals surface area contributed by atoms with Crippen LogP contribution in [0.3, 0.4) is 0 Å². The standard InChI is InChI=1S/C17H19FN2O5S/c1-11(16(21)19-10-14-4-3-9-25-14)20-17(22)12(2)26(23,24)15-7-5-13(18)6-8-15/h3-9,11-12H,10H2,1-2H3,(H,19,21)(H,20,22).